The fraction of sp³-hybridized carbons (Fsp3) is 0.632. The molecular formula is C19H27N5O. The molecule has 2 heterocycles. The molecule has 0 unspecified atom stereocenters. The zero-order valence-corrected chi connectivity index (χ0v) is 15.2. The summed E-state index contributed by atoms with van der Waals surface area (Å²) in [5, 5.41) is 13.0. The second-order valence-electron chi connectivity index (χ2n) is 7.51. The largest absolute Gasteiger partial charge is 0.379 e. The number of morpholine rings is 1. The third-order valence-corrected chi connectivity index (χ3v) is 5.95. The number of rotatable bonds is 3. The normalized spacial score (nSPS) is 28.2. The third-order valence-electron chi connectivity index (χ3n) is 5.95. The van der Waals surface area contributed by atoms with Crippen LogP contribution in [-0.4, -0.2) is 51.4 Å². The average molecular weight is 341 g/mol. The molecule has 0 bridgehead atoms. The summed E-state index contributed by atoms with van der Waals surface area (Å²) in [7, 11) is 0. The first kappa shape index (κ1) is 16.7. The average Bonchev–Trinajstić information content (AvgIpc) is 3.14. The van der Waals surface area contributed by atoms with Crippen molar-refractivity contribution in [1.82, 2.24) is 25.1 Å². The summed E-state index contributed by atoms with van der Waals surface area (Å²) in [6, 6.07) is 8.33. The summed E-state index contributed by atoms with van der Waals surface area (Å²) in [6.07, 6.45) is 4.66. The number of para-hydroxylation sites is 1. The van der Waals surface area contributed by atoms with Crippen molar-refractivity contribution in [3.05, 3.63) is 35.7 Å². The van der Waals surface area contributed by atoms with E-state index in [2.05, 4.69) is 58.5 Å². The predicted octanol–water partition coefficient (Wildman–Crippen LogP) is 2.71. The molecule has 1 saturated heterocycles. The van der Waals surface area contributed by atoms with E-state index in [1.54, 1.807) is 0 Å². The number of aryl methyl sites for hydroxylation is 1. The summed E-state index contributed by atoms with van der Waals surface area (Å²) < 4.78 is 7.58. The van der Waals surface area contributed by atoms with Gasteiger partial charge in [0.05, 0.1) is 24.4 Å². The maximum Gasteiger partial charge on any atom is 0.176 e. The highest BCUT2D eigenvalue weighted by atomic mass is 16.5. The van der Waals surface area contributed by atoms with Crippen molar-refractivity contribution in [2.24, 2.45) is 5.92 Å². The van der Waals surface area contributed by atoms with Crippen LogP contribution in [-0.2, 0) is 10.3 Å². The van der Waals surface area contributed by atoms with Crippen LogP contribution in [0.1, 0.15) is 44.0 Å². The molecule has 6 heteroatoms. The second kappa shape index (κ2) is 6.84. The van der Waals surface area contributed by atoms with Gasteiger partial charge in [0.2, 0.25) is 0 Å². The molecule has 2 fully saturated rings. The Balaban J connectivity index is 1.79. The molecule has 0 amide bonds. The summed E-state index contributed by atoms with van der Waals surface area (Å²) in [4.78, 5) is 2.57. The molecule has 2 aliphatic rings. The van der Waals surface area contributed by atoms with Crippen LogP contribution in [0.2, 0.25) is 0 Å². The van der Waals surface area contributed by atoms with Crippen molar-refractivity contribution in [1.29, 1.82) is 0 Å². The highest BCUT2D eigenvalue weighted by molar-refractivity contribution is 5.40. The van der Waals surface area contributed by atoms with Crippen molar-refractivity contribution in [3.8, 4) is 5.69 Å². The second-order valence-corrected chi connectivity index (χ2v) is 7.51. The van der Waals surface area contributed by atoms with Gasteiger partial charge in [-0.15, -0.1) is 5.10 Å². The fourth-order valence-electron chi connectivity index (χ4n) is 4.35. The summed E-state index contributed by atoms with van der Waals surface area (Å²) in [6.45, 7) is 7.97. The first-order chi connectivity index (χ1) is 12.2. The molecule has 2 aromatic rings. The zero-order chi connectivity index (χ0) is 17.3. The standard InChI is InChI=1S/C19H27N5O/c1-15-7-9-19(10-8-15,23-11-13-25-14-12-23)18-20-21-22-24(18)17-6-4-3-5-16(17)2/h3-6,15H,7-14H2,1-2H3. The maximum atomic E-state index is 5.61. The molecule has 0 N–H and O–H groups in total. The van der Waals surface area contributed by atoms with Crippen LogP contribution in [0.3, 0.4) is 0 Å². The molecule has 4 rings (SSSR count). The lowest BCUT2D eigenvalue weighted by molar-refractivity contribution is -0.0499. The van der Waals surface area contributed by atoms with E-state index in [9.17, 15) is 0 Å². The number of ether oxygens (including phenoxy) is 1. The van der Waals surface area contributed by atoms with E-state index in [0.29, 0.717) is 0 Å². The summed E-state index contributed by atoms with van der Waals surface area (Å²) in [5.41, 5.74) is 2.19. The van der Waals surface area contributed by atoms with E-state index >= 15 is 0 Å². The van der Waals surface area contributed by atoms with Crippen molar-refractivity contribution in [2.75, 3.05) is 26.3 Å². The van der Waals surface area contributed by atoms with Crippen LogP contribution in [0, 0.1) is 12.8 Å². The monoisotopic (exact) mass is 341 g/mol. The lowest BCUT2D eigenvalue weighted by Crippen LogP contribution is -2.54. The number of aromatic nitrogens is 4. The molecule has 1 aromatic heterocycles. The first-order valence-corrected chi connectivity index (χ1v) is 9.38. The minimum Gasteiger partial charge on any atom is -0.379 e. The molecule has 1 saturated carbocycles. The fourth-order valence-corrected chi connectivity index (χ4v) is 4.35. The van der Waals surface area contributed by atoms with Gasteiger partial charge >= 0.3 is 0 Å². The van der Waals surface area contributed by atoms with Gasteiger partial charge in [-0.1, -0.05) is 25.1 Å². The Bertz CT molecular complexity index is 714. The smallest absolute Gasteiger partial charge is 0.176 e. The van der Waals surface area contributed by atoms with Gasteiger partial charge in [-0.05, 0) is 60.6 Å². The van der Waals surface area contributed by atoms with E-state index in [4.69, 9.17) is 4.74 Å². The highest BCUT2D eigenvalue weighted by Crippen LogP contribution is 2.44. The van der Waals surface area contributed by atoms with Gasteiger partial charge in [0, 0.05) is 13.1 Å². The lowest BCUT2D eigenvalue weighted by Gasteiger charge is -2.47. The van der Waals surface area contributed by atoms with Gasteiger partial charge in [-0.2, -0.15) is 4.68 Å². The molecule has 6 nitrogen and oxygen atoms in total. The SMILES string of the molecule is Cc1ccccc1-n1nnnc1C1(N2CCOCC2)CCC(C)CC1. The van der Waals surface area contributed by atoms with Gasteiger partial charge in [0.1, 0.15) is 0 Å². The van der Waals surface area contributed by atoms with Gasteiger partial charge in [0.15, 0.2) is 5.82 Å². The quantitative estimate of drug-likeness (QED) is 0.859. The number of benzene rings is 1. The number of hydrogen-bond acceptors (Lipinski definition) is 5. The van der Waals surface area contributed by atoms with Crippen molar-refractivity contribution < 1.29 is 4.74 Å². The first-order valence-electron chi connectivity index (χ1n) is 9.38. The molecule has 134 valence electrons. The van der Waals surface area contributed by atoms with E-state index < -0.39 is 0 Å². The molecule has 0 radical (unpaired) electrons. The topological polar surface area (TPSA) is 56.1 Å². The summed E-state index contributed by atoms with van der Waals surface area (Å²) in [5.74, 6) is 1.77. The van der Waals surface area contributed by atoms with Crippen LogP contribution in [0.4, 0.5) is 0 Å². The van der Waals surface area contributed by atoms with Gasteiger partial charge in [0.25, 0.3) is 0 Å². The number of nitrogens with zero attached hydrogens (tertiary/aromatic N) is 5. The Labute approximate surface area is 149 Å². The Hall–Kier alpha value is -1.79. The third kappa shape index (κ3) is 2.98. The lowest BCUT2D eigenvalue weighted by atomic mass is 9.75. The minimum atomic E-state index is -0.0813. The number of tetrazole rings is 1. The van der Waals surface area contributed by atoms with Crippen LogP contribution in [0.5, 0.6) is 0 Å². The molecule has 0 spiro atoms. The zero-order valence-electron chi connectivity index (χ0n) is 15.2. The molecule has 1 aliphatic carbocycles. The predicted molar refractivity (Wildman–Crippen MR) is 95.6 cm³/mol. The Morgan fingerprint density at radius 1 is 1.12 bits per heavy atom. The Kier molecular flexibility index (Phi) is 4.56. The maximum absolute atomic E-state index is 5.61. The van der Waals surface area contributed by atoms with Crippen LogP contribution in [0.25, 0.3) is 5.69 Å². The molecule has 1 aliphatic heterocycles. The van der Waals surface area contributed by atoms with E-state index in [1.165, 1.54) is 18.4 Å². The van der Waals surface area contributed by atoms with Crippen molar-refractivity contribution in [3.63, 3.8) is 0 Å². The van der Waals surface area contributed by atoms with Crippen LogP contribution in [0.15, 0.2) is 24.3 Å². The summed E-state index contributed by atoms with van der Waals surface area (Å²) >= 11 is 0. The van der Waals surface area contributed by atoms with Gasteiger partial charge < -0.3 is 4.74 Å². The molecule has 0 atom stereocenters. The van der Waals surface area contributed by atoms with Crippen molar-refractivity contribution in [2.45, 2.75) is 45.1 Å². The minimum absolute atomic E-state index is 0.0813. The molecule has 25 heavy (non-hydrogen) atoms. The highest BCUT2D eigenvalue weighted by Gasteiger charge is 2.45. The van der Waals surface area contributed by atoms with Gasteiger partial charge in [-0.3, -0.25) is 4.90 Å². The van der Waals surface area contributed by atoms with Gasteiger partial charge in [-0.25, -0.2) is 0 Å². The molecular weight excluding hydrogens is 314 g/mol. The van der Waals surface area contributed by atoms with Crippen LogP contribution < -0.4 is 0 Å². The van der Waals surface area contributed by atoms with E-state index in [1.807, 2.05) is 4.68 Å². The van der Waals surface area contributed by atoms with E-state index in [0.717, 1.165) is 56.6 Å². The Morgan fingerprint density at radius 3 is 2.56 bits per heavy atom. The molecule has 1 aromatic carbocycles. The Morgan fingerprint density at radius 2 is 1.84 bits per heavy atom. The van der Waals surface area contributed by atoms with Crippen molar-refractivity contribution >= 4 is 0 Å². The van der Waals surface area contributed by atoms with Crippen LogP contribution >= 0.6 is 0 Å². The number of hydrogen-bond donors (Lipinski definition) is 0. The van der Waals surface area contributed by atoms with E-state index in [-0.39, 0.29) is 5.54 Å².